The van der Waals surface area contributed by atoms with Gasteiger partial charge in [0.2, 0.25) is 0 Å². The number of pyridine rings is 1. The minimum absolute atomic E-state index is 0.00699. The maximum atomic E-state index is 13.7. The molecule has 2 rings (SSSR count). The summed E-state index contributed by atoms with van der Waals surface area (Å²) >= 11 is 0.534. The van der Waals surface area contributed by atoms with Gasteiger partial charge in [0, 0.05) is 18.0 Å². The van der Waals surface area contributed by atoms with Gasteiger partial charge in [0.1, 0.15) is 10.0 Å². The number of thiazole rings is 1. The second-order valence-electron chi connectivity index (χ2n) is 5.57. The molecule has 14 heteroatoms. The predicted molar refractivity (Wildman–Crippen MR) is 84.2 cm³/mol. The number of nitrogens with one attached hydrogen (secondary N) is 1. The standard InChI is InChI=1S/C15H10F9N3OS/c1-2-8-10(29-9(26-8)7-4-3-5-25-6-7)27-11(28)12(16,17)13(18,19)14(20,21)15(22,23)24/h3-6H,2H2,1H3,(H,27,28). The van der Waals surface area contributed by atoms with Crippen LogP contribution in [-0.4, -0.2) is 39.8 Å². The van der Waals surface area contributed by atoms with Crippen molar-refractivity contribution >= 4 is 22.2 Å². The van der Waals surface area contributed by atoms with Crippen LogP contribution < -0.4 is 5.32 Å². The van der Waals surface area contributed by atoms with Crippen molar-refractivity contribution in [2.24, 2.45) is 0 Å². The van der Waals surface area contributed by atoms with Gasteiger partial charge in [0.15, 0.2) is 0 Å². The third-order valence-corrected chi connectivity index (χ3v) is 4.66. The number of aryl methyl sites for hydroxylation is 1. The Bertz CT molecular complexity index is 881. The van der Waals surface area contributed by atoms with Gasteiger partial charge in [-0.1, -0.05) is 18.3 Å². The number of carbonyl (C=O) groups is 1. The van der Waals surface area contributed by atoms with E-state index in [0.29, 0.717) is 16.9 Å². The summed E-state index contributed by atoms with van der Waals surface area (Å²) in [6, 6.07) is 3.00. The highest BCUT2D eigenvalue weighted by Crippen LogP contribution is 2.53. The van der Waals surface area contributed by atoms with Crippen LogP contribution in [0.4, 0.5) is 44.5 Å². The first-order valence-corrected chi connectivity index (χ1v) is 8.40. The van der Waals surface area contributed by atoms with Crippen LogP contribution in [0.25, 0.3) is 10.6 Å². The number of carbonyl (C=O) groups excluding carboxylic acids is 1. The molecule has 0 saturated carbocycles. The molecule has 0 bridgehead atoms. The van der Waals surface area contributed by atoms with Crippen LogP contribution in [0.5, 0.6) is 0 Å². The molecule has 0 atom stereocenters. The highest BCUT2D eigenvalue weighted by molar-refractivity contribution is 7.19. The highest BCUT2D eigenvalue weighted by atomic mass is 32.1. The van der Waals surface area contributed by atoms with E-state index in [2.05, 4.69) is 9.97 Å². The molecule has 2 aromatic rings. The summed E-state index contributed by atoms with van der Waals surface area (Å²) in [6.07, 6.45) is -4.28. The molecule has 0 fully saturated rings. The number of nitrogens with zero attached hydrogens (tertiary/aromatic N) is 2. The average molecular weight is 451 g/mol. The molecule has 1 N–H and O–H groups in total. The van der Waals surface area contributed by atoms with Gasteiger partial charge in [-0.2, -0.15) is 39.5 Å². The van der Waals surface area contributed by atoms with Gasteiger partial charge in [-0.15, -0.1) is 0 Å². The Morgan fingerprint density at radius 2 is 1.69 bits per heavy atom. The van der Waals surface area contributed by atoms with Crippen LogP contribution in [0.1, 0.15) is 12.6 Å². The number of alkyl halides is 9. The van der Waals surface area contributed by atoms with Gasteiger partial charge >= 0.3 is 29.9 Å². The van der Waals surface area contributed by atoms with Crippen molar-refractivity contribution in [1.29, 1.82) is 0 Å². The zero-order valence-electron chi connectivity index (χ0n) is 14.1. The summed E-state index contributed by atoms with van der Waals surface area (Å²) < 4.78 is 116. The zero-order chi connectivity index (χ0) is 22.3. The van der Waals surface area contributed by atoms with E-state index in [4.69, 9.17) is 0 Å². The van der Waals surface area contributed by atoms with Gasteiger partial charge in [0.25, 0.3) is 0 Å². The molecule has 0 saturated heterocycles. The van der Waals surface area contributed by atoms with Crippen molar-refractivity contribution in [3.63, 3.8) is 0 Å². The van der Waals surface area contributed by atoms with E-state index in [1.165, 1.54) is 36.8 Å². The third-order valence-electron chi connectivity index (χ3n) is 3.60. The molecule has 0 spiro atoms. The van der Waals surface area contributed by atoms with E-state index in [0.717, 1.165) is 0 Å². The van der Waals surface area contributed by atoms with Crippen molar-refractivity contribution in [1.82, 2.24) is 9.97 Å². The Hall–Kier alpha value is -2.38. The predicted octanol–water partition coefficient (Wildman–Crippen LogP) is 5.17. The molecule has 0 aliphatic heterocycles. The number of halogens is 9. The fourth-order valence-electron chi connectivity index (χ4n) is 2.00. The lowest BCUT2D eigenvalue weighted by molar-refractivity contribution is -0.388. The third kappa shape index (κ3) is 3.89. The zero-order valence-corrected chi connectivity index (χ0v) is 14.9. The van der Waals surface area contributed by atoms with E-state index in [9.17, 15) is 44.3 Å². The lowest BCUT2D eigenvalue weighted by atomic mass is 10.0. The van der Waals surface area contributed by atoms with Gasteiger partial charge in [0.05, 0.1) is 5.69 Å². The number of rotatable bonds is 6. The Morgan fingerprint density at radius 3 is 2.17 bits per heavy atom. The first-order chi connectivity index (χ1) is 13.2. The molecule has 0 aliphatic carbocycles. The number of amides is 1. The van der Waals surface area contributed by atoms with E-state index >= 15 is 0 Å². The Morgan fingerprint density at radius 1 is 1.07 bits per heavy atom. The second kappa shape index (κ2) is 7.46. The number of anilines is 1. The van der Waals surface area contributed by atoms with Crippen molar-refractivity contribution < 1.29 is 44.3 Å². The molecular weight excluding hydrogens is 441 g/mol. The van der Waals surface area contributed by atoms with Crippen LogP contribution in [0.15, 0.2) is 24.5 Å². The van der Waals surface area contributed by atoms with Crippen LogP contribution in [0.2, 0.25) is 0 Å². The molecule has 1 amide bonds. The topological polar surface area (TPSA) is 54.9 Å². The Kier molecular flexibility index (Phi) is 5.89. The van der Waals surface area contributed by atoms with Crippen LogP contribution >= 0.6 is 11.3 Å². The maximum absolute atomic E-state index is 13.7. The fourth-order valence-corrected chi connectivity index (χ4v) is 3.04. The number of hydrogen-bond donors (Lipinski definition) is 1. The Balaban J connectivity index is 2.37. The SMILES string of the molecule is CCc1nc(-c2cccnc2)sc1NC(=O)C(F)(F)C(F)(F)C(F)(F)C(F)(F)F. The molecule has 0 unspecified atom stereocenters. The summed E-state index contributed by atoms with van der Waals surface area (Å²) in [7, 11) is 0. The summed E-state index contributed by atoms with van der Waals surface area (Å²) in [5.41, 5.74) is 0.303. The quantitative estimate of drug-likeness (QED) is 0.617. The summed E-state index contributed by atoms with van der Waals surface area (Å²) in [5.74, 6) is -23.6. The van der Waals surface area contributed by atoms with Crippen molar-refractivity contribution in [2.45, 2.75) is 37.3 Å². The van der Waals surface area contributed by atoms with Crippen LogP contribution in [0.3, 0.4) is 0 Å². The molecule has 4 nitrogen and oxygen atoms in total. The van der Waals surface area contributed by atoms with Crippen molar-refractivity contribution in [3.8, 4) is 10.6 Å². The molecule has 2 heterocycles. The Labute approximate surface area is 160 Å². The summed E-state index contributed by atoms with van der Waals surface area (Å²) in [4.78, 5) is 19.4. The van der Waals surface area contributed by atoms with Gasteiger partial charge in [-0.05, 0) is 18.6 Å². The first kappa shape index (κ1) is 22.9. The lowest BCUT2D eigenvalue weighted by Gasteiger charge is -2.32. The average Bonchev–Trinajstić information content (AvgIpc) is 3.04. The monoisotopic (exact) mass is 451 g/mol. The van der Waals surface area contributed by atoms with Crippen LogP contribution in [-0.2, 0) is 11.2 Å². The number of hydrogen-bond acceptors (Lipinski definition) is 4. The molecule has 2 aromatic heterocycles. The number of aromatic nitrogens is 2. The molecule has 0 radical (unpaired) electrons. The minimum Gasteiger partial charge on any atom is -0.311 e. The maximum Gasteiger partial charge on any atom is 0.460 e. The molecule has 0 aliphatic rings. The minimum atomic E-state index is -7.15. The van der Waals surface area contributed by atoms with Crippen LogP contribution in [0, 0.1) is 0 Å². The summed E-state index contributed by atoms with van der Waals surface area (Å²) in [6.45, 7) is 1.46. The molecule has 29 heavy (non-hydrogen) atoms. The van der Waals surface area contributed by atoms with Gasteiger partial charge in [-0.25, -0.2) is 4.98 Å². The van der Waals surface area contributed by atoms with E-state index in [-0.39, 0.29) is 17.1 Å². The van der Waals surface area contributed by atoms with E-state index in [1.807, 2.05) is 0 Å². The molecule has 160 valence electrons. The van der Waals surface area contributed by atoms with E-state index in [1.54, 1.807) is 0 Å². The van der Waals surface area contributed by atoms with Crippen molar-refractivity contribution in [2.75, 3.05) is 5.32 Å². The van der Waals surface area contributed by atoms with E-state index < -0.39 is 34.9 Å². The normalized spacial score (nSPS) is 13.4. The fraction of sp³-hybridized carbons (Fsp3) is 0.400. The second-order valence-corrected chi connectivity index (χ2v) is 6.56. The molecule has 0 aromatic carbocycles. The molecular formula is C15H10F9N3OS. The summed E-state index contributed by atoms with van der Waals surface area (Å²) in [5, 5.41) is 0.915. The lowest BCUT2D eigenvalue weighted by Crippen LogP contribution is -2.64. The highest BCUT2D eigenvalue weighted by Gasteiger charge is 2.83. The van der Waals surface area contributed by atoms with Gasteiger partial charge in [-0.3, -0.25) is 9.78 Å². The smallest absolute Gasteiger partial charge is 0.311 e. The van der Waals surface area contributed by atoms with Crippen molar-refractivity contribution in [3.05, 3.63) is 30.2 Å². The largest absolute Gasteiger partial charge is 0.460 e. The van der Waals surface area contributed by atoms with Gasteiger partial charge < -0.3 is 5.32 Å². The first-order valence-electron chi connectivity index (χ1n) is 7.58.